The van der Waals surface area contributed by atoms with E-state index >= 15 is 0 Å². The Bertz CT molecular complexity index is 1120. The Morgan fingerprint density at radius 2 is 2.21 bits per heavy atom. The number of aromatic amines is 1. The molecule has 0 saturated carbocycles. The highest BCUT2D eigenvalue weighted by atomic mass is 16.4. The van der Waals surface area contributed by atoms with Gasteiger partial charge in [0, 0.05) is 17.3 Å². The molecule has 4 aromatic rings. The number of anilines is 1. The lowest BCUT2D eigenvalue weighted by Crippen LogP contribution is -2.15. The number of hydrogen-bond acceptors (Lipinski definition) is 5. The molecule has 24 heavy (non-hydrogen) atoms. The van der Waals surface area contributed by atoms with Crippen molar-refractivity contribution in [1.29, 1.82) is 0 Å². The fourth-order valence-corrected chi connectivity index (χ4v) is 2.56. The van der Waals surface area contributed by atoms with E-state index < -0.39 is 5.69 Å². The predicted molar refractivity (Wildman–Crippen MR) is 85.9 cm³/mol. The van der Waals surface area contributed by atoms with Crippen molar-refractivity contribution in [1.82, 2.24) is 14.6 Å². The normalized spacial score (nSPS) is 11.2. The van der Waals surface area contributed by atoms with Crippen LogP contribution in [0.3, 0.4) is 0 Å². The van der Waals surface area contributed by atoms with Gasteiger partial charge in [0.25, 0.3) is 5.91 Å². The second-order valence-corrected chi connectivity index (χ2v) is 5.22. The lowest BCUT2D eigenvalue weighted by atomic mass is 10.2. The third-order valence-corrected chi connectivity index (χ3v) is 3.67. The van der Waals surface area contributed by atoms with Gasteiger partial charge in [0.2, 0.25) is 0 Å². The van der Waals surface area contributed by atoms with E-state index in [1.54, 1.807) is 36.4 Å². The van der Waals surface area contributed by atoms with Crippen LogP contribution >= 0.6 is 0 Å². The number of pyridine rings is 1. The molecular weight excluding hydrogens is 312 g/mol. The number of aliphatic hydroxyl groups is 1. The summed E-state index contributed by atoms with van der Waals surface area (Å²) in [5.41, 5.74) is 1.32. The maximum Gasteiger partial charge on any atom is 0.347 e. The average molecular weight is 324 g/mol. The second-order valence-electron chi connectivity index (χ2n) is 5.22. The van der Waals surface area contributed by atoms with Crippen LogP contribution in [0.25, 0.3) is 16.6 Å². The largest absolute Gasteiger partial charge is 0.459 e. The summed E-state index contributed by atoms with van der Waals surface area (Å²) in [7, 11) is 0. The molecule has 0 bridgehead atoms. The molecule has 1 amide bonds. The van der Waals surface area contributed by atoms with Gasteiger partial charge in [0.05, 0.1) is 5.56 Å². The third-order valence-electron chi connectivity index (χ3n) is 3.67. The Kier molecular flexibility index (Phi) is 3.17. The highest BCUT2D eigenvalue weighted by Crippen LogP contribution is 2.23. The second kappa shape index (κ2) is 5.36. The zero-order valence-electron chi connectivity index (χ0n) is 12.3. The molecule has 0 spiro atoms. The van der Waals surface area contributed by atoms with Crippen molar-refractivity contribution in [2.24, 2.45) is 0 Å². The number of benzene rings is 1. The number of furan rings is 1. The van der Waals surface area contributed by atoms with Crippen molar-refractivity contribution in [3.63, 3.8) is 0 Å². The SMILES string of the molecule is O=C(Nc1ccc2oc(CO)cc2c1)c1cccn2c(=O)[nH]nc12. The van der Waals surface area contributed by atoms with Crippen molar-refractivity contribution in [3.05, 3.63) is 64.4 Å². The summed E-state index contributed by atoms with van der Waals surface area (Å²) in [6, 6.07) is 10.0. The number of nitrogens with zero attached hydrogens (tertiary/aromatic N) is 2. The van der Waals surface area contributed by atoms with E-state index in [2.05, 4.69) is 15.5 Å². The molecule has 0 unspecified atom stereocenters. The van der Waals surface area contributed by atoms with E-state index in [1.807, 2.05) is 0 Å². The van der Waals surface area contributed by atoms with Gasteiger partial charge < -0.3 is 14.8 Å². The van der Waals surface area contributed by atoms with E-state index in [-0.39, 0.29) is 23.7 Å². The topological polar surface area (TPSA) is 113 Å². The van der Waals surface area contributed by atoms with Crippen LogP contribution in [0, 0.1) is 0 Å². The van der Waals surface area contributed by atoms with Crippen LogP contribution < -0.4 is 11.0 Å². The van der Waals surface area contributed by atoms with E-state index in [4.69, 9.17) is 9.52 Å². The van der Waals surface area contributed by atoms with Gasteiger partial charge in [-0.15, -0.1) is 0 Å². The first kappa shape index (κ1) is 14.2. The van der Waals surface area contributed by atoms with Gasteiger partial charge in [-0.1, -0.05) is 0 Å². The van der Waals surface area contributed by atoms with Crippen LogP contribution in [0.4, 0.5) is 5.69 Å². The average Bonchev–Trinajstić information content (AvgIpc) is 3.18. The number of carbonyl (C=O) groups is 1. The maximum absolute atomic E-state index is 12.5. The van der Waals surface area contributed by atoms with Crippen molar-refractivity contribution >= 4 is 28.2 Å². The molecule has 8 nitrogen and oxygen atoms in total. The van der Waals surface area contributed by atoms with E-state index in [9.17, 15) is 9.59 Å². The van der Waals surface area contributed by atoms with E-state index in [0.717, 1.165) is 5.39 Å². The van der Waals surface area contributed by atoms with Crippen molar-refractivity contribution in [2.45, 2.75) is 6.61 Å². The standard InChI is InChI=1S/C16H12N4O4/c21-8-11-7-9-6-10(3-4-13(9)24-11)17-15(22)12-2-1-5-20-14(12)18-19-16(20)23/h1-7,21H,8H2,(H,17,22)(H,19,23). The minimum atomic E-state index is -0.406. The molecule has 0 fully saturated rings. The van der Waals surface area contributed by atoms with Crippen LogP contribution in [0.2, 0.25) is 0 Å². The zero-order chi connectivity index (χ0) is 16.7. The molecule has 0 saturated heterocycles. The van der Waals surface area contributed by atoms with Crippen LogP contribution in [0.15, 0.2) is 51.8 Å². The minimum absolute atomic E-state index is 0.188. The Hall–Kier alpha value is -3.39. The first-order valence-corrected chi connectivity index (χ1v) is 7.16. The number of nitrogens with one attached hydrogen (secondary N) is 2. The molecule has 3 heterocycles. The fraction of sp³-hybridized carbons (Fsp3) is 0.0625. The maximum atomic E-state index is 12.5. The zero-order valence-corrected chi connectivity index (χ0v) is 12.3. The molecule has 0 aliphatic rings. The number of H-pyrrole nitrogens is 1. The number of fused-ring (bicyclic) bond motifs is 2. The summed E-state index contributed by atoms with van der Waals surface area (Å²) in [5.74, 6) is 0.0685. The highest BCUT2D eigenvalue weighted by Gasteiger charge is 2.14. The molecule has 0 atom stereocenters. The Labute approximate surface area is 134 Å². The molecule has 0 aliphatic carbocycles. The number of rotatable bonds is 3. The number of aromatic nitrogens is 3. The fourth-order valence-electron chi connectivity index (χ4n) is 2.56. The lowest BCUT2D eigenvalue weighted by Gasteiger charge is -2.05. The van der Waals surface area contributed by atoms with Crippen molar-refractivity contribution in [3.8, 4) is 0 Å². The summed E-state index contributed by atoms with van der Waals surface area (Å²) in [4.78, 5) is 24.1. The van der Waals surface area contributed by atoms with Gasteiger partial charge in [-0.25, -0.2) is 14.3 Å². The van der Waals surface area contributed by atoms with Gasteiger partial charge in [-0.2, -0.15) is 5.10 Å². The first-order chi connectivity index (χ1) is 11.7. The van der Waals surface area contributed by atoms with Gasteiger partial charge in [0.1, 0.15) is 18.0 Å². The lowest BCUT2D eigenvalue weighted by molar-refractivity contribution is 0.102. The molecular formula is C16H12N4O4. The van der Waals surface area contributed by atoms with Crippen molar-refractivity contribution < 1.29 is 14.3 Å². The van der Waals surface area contributed by atoms with Crippen LogP contribution in [-0.2, 0) is 6.61 Å². The quantitative estimate of drug-likeness (QED) is 0.529. The molecule has 3 aromatic heterocycles. The van der Waals surface area contributed by atoms with Crippen LogP contribution in [0.5, 0.6) is 0 Å². The molecule has 4 rings (SSSR count). The summed E-state index contributed by atoms with van der Waals surface area (Å²) in [6.45, 7) is -0.188. The number of hydrogen-bond donors (Lipinski definition) is 3. The number of amides is 1. The first-order valence-electron chi connectivity index (χ1n) is 7.16. The van der Waals surface area contributed by atoms with Gasteiger partial charge >= 0.3 is 5.69 Å². The van der Waals surface area contributed by atoms with Crippen LogP contribution in [-0.4, -0.2) is 25.6 Å². The van der Waals surface area contributed by atoms with Gasteiger partial charge in [-0.05, 0) is 36.4 Å². The smallest absolute Gasteiger partial charge is 0.347 e. The molecule has 8 heteroatoms. The van der Waals surface area contributed by atoms with Gasteiger partial charge in [-0.3, -0.25) is 4.79 Å². The Morgan fingerprint density at radius 3 is 3.04 bits per heavy atom. The van der Waals surface area contributed by atoms with E-state index in [0.29, 0.717) is 17.0 Å². The van der Waals surface area contributed by atoms with Gasteiger partial charge in [0.15, 0.2) is 5.65 Å². The summed E-state index contributed by atoms with van der Waals surface area (Å²) in [5, 5.41) is 18.8. The molecule has 0 radical (unpaired) electrons. The predicted octanol–water partition coefficient (Wildman–Crippen LogP) is 1.51. The summed E-state index contributed by atoms with van der Waals surface area (Å²) < 4.78 is 6.67. The highest BCUT2D eigenvalue weighted by molar-refractivity contribution is 6.08. The summed E-state index contributed by atoms with van der Waals surface area (Å²) in [6.07, 6.45) is 1.53. The number of carbonyl (C=O) groups excluding carboxylic acids is 1. The van der Waals surface area contributed by atoms with E-state index in [1.165, 1.54) is 10.6 Å². The Morgan fingerprint density at radius 1 is 1.33 bits per heavy atom. The molecule has 120 valence electrons. The monoisotopic (exact) mass is 324 g/mol. The third kappa shape index (κ3) is 2.25. The molecule has 1 aromatic carbocycles. The minimum Gasteiger partial charge on any atom is -0.459 e. The molecule has 0 aliphatic heterocycles. The Balaban J connectivity index is 1.69. The number of aliphatic hydroxyl groups excluding tert-OH is 1. The molecule has 3 N–H and O–H groups in total. The summed E-state index contributed by atoms with van der Waals surface area (Å²) >= 11 is 0. The van der Waals surface area contributed by atoms with Crippen molar-refractivity contribution in [2.75, 3.05) is 5.32 Å². The van der Waals surface area contributed by atoms with Crippen LogP contribution in [0.1, 0.15) is 16.1 Å².